The molecule has 0 spiro atoms. The lowest BCUT2D eigenvalue weighted by molar-refractivity contribution is -0.128. The van der Waals surface area contributed by atoms with E-state index in [0.717, 1.165) is 6.33 Å². The molecule has 7 N–H and O–H groups in total. The number of H-pyrrole nitrogens is 1. The number of aromatic nitrogens is 6. The first-order valence-corrected chi connectivity index (χ1v) is 31.0. The average Bonchev–Trinajstić information content (AvgIpc) is 4.17. The molecule has 28 nitrogen and oxygen atoms in total. The SMILES string of the molecule is CC(C)[C@H](NC(=O)OC(C)(C)C)C(=O)N[C@@H](C)C(=O)Nc1ccc(COC(=O)N(C)Cc2ccccc2C(=O)Nc2nc3c(ncn3[C@@H]3O[C@@H]4COP(O)(=S)O[C@H]5C[C@H](Oc6ccncn6)CC5COP(=O)(S)O[C@@H]3[C@@H]4O)c(=O)[nH]2)cc1. The molecule has 5 aromatic rings. The first-order chi connectivity index (χ1) is 38.7. The summed E-state index contributed by atoms with van der Waals surface area (Å²) in [6.45, 7) is 0.634. The topological polar surface area (TPSA) is 357 Å². The number of thiol groups is 1. The number of fused-ring (bicyclic) bond motifs is 4. The van der Waals surface area contributed by atoms with Gasteiger partial charge in [0.2, 0.25) is 23.6 Å². The number of nitrogens with one attached hydrogen (secondary N) is 5. The zero-order valence-electron chi connectivity index (χ0n) is 45.4. The van der Waals surface area contributed by atoms with Crippen LogP contribution < -0.4 is 31.6 Å². The highest BCUT2D eigenvalue weighted by atomic mass is 32.7. The van der Waals surface area contributed by atoms with E-state index in [4.69, 9.17) is 48.8 Å². The van der Waals surface area contributed by atoms with Crippen molar-refractivity contribution in [2.75, 3.05) is 30.9 Å². The maximum atomic E-state index is 14.0. The number of aromatic amines is 1. The molecule has 2 aliphatic heterocycles. The van der Waals surface area contributed by atoms with Crippen LogP contribution in [0.2, 0.25) is 0 Å². The molecule has 2 saturated heterocycles. The number of hydrogen-bond acceptors (Lipinski definition) is 21. The third-order valence-corrected chi connectivity index (χ3v) is 16.2. The molecule has 1 saturated carbocycles. The molecular weight excluding hydrogens is 1150 g/mol. The first kappa shape index (κ1) is 61.6. The molecule has 0 radical (unpaired) electrons. The van der Waals surface area contributed by atoms with Gasteiger partial charge in [0, 0.05) is 49.4 Å². The molecule has 442 valence electrons. The van der Waals surface area contributed by atoms with Gasteiger partial charge in [0.1, 0.15) is 55.0 Å². The fourth-order valence-corrected chi connectivity index (χ4v) is 12.0. The highest BCUT2D eigenvalue weighted by molar-refractivity contribution is 8.44. The van der Waals surface area contributed by atoms with E-state index in [0.29, 0.717) is 29.1 Å². The van der Waals surface area contributed by atoms with Gasteiger partial charge in [-0.15, -0.1) is 0 Å². The van der Waals surface area contributed by atoms with Gasteiger partial charge in [-0.05, 0) is 81.2 Å². The van der Waals surface area contributed by atoms with Crippen molar-refractivity contribution in [2.45, 2.75) is 122 Å². The molecule has 3 aliphatic rings. The maximum absolute atomic E-state index is 14.0. The van der Waals surface area contributed by atoms with Crippen molar-refractivity contribution in [1.82, 2.24) is 45.0 Å². The van der Waals surface area contributed by atoms with Crippen molar-refractivity contribution < 1.29 is 75.6 Å². The lowest BCUT2D eigenvalue weighted by Crippen LogP contribution is -2.54. The summed E-state index contributed by atoms with van der Waals surface area (Å²) in [5, 5.41) is 22.0. The molecular formula is C50H63N11O17P2S2. The van der Waals surface area contributed by atoms with Gasteiger partial charge in [-0.3, -0.25) is 38.6 Å². The zero-order valence-corrected chi connectivity index (χ0v) is 48.9. The second kappa shape index (κ2) is 26.0. The quantitative estimate of drug-likeness (QED) is 0.0498. The number of aliphatic hydroxyl groups is 1. The van der Waals surface area contributed by atoms with E-state index in [1.807, 2.05) is 0 Å². The number of alkyl carbamates (subject to hydrolysis) is 1. The normalized spacial score (nSPS) is 25.5. The van der Waals surface area contributed by atoms with Gasteiger partial charge in [-0.2, -0.15) is 4.98 Å². The van der Waals surface area contributed by atoms with Gasteiger partial charge in [0.05, 0.1) is 25.6 Å². The van der Waals surface area contributed by atoms with Crippen LogP contribution in [0, 0.1) is 11.8 Å². The van der Waals surface area contributed by atoms with Crippen LogP contribution in [0.15, 0.2) is 78.2 Å². The molecule has 1 aliphatic carbocycles. The number of amides is 5. The maximum Gasteiger partial charge on any atom is 0.410 e. The van der Waals surface area contributed by atoms with Gasteiger partial charge < -0.3 is 63.4 Å². The number of anilines is 2. The minimum Gasteiger partial charge on any atom is -0.474 e. The van der Waals surface area contributed by atoms with E-state index < -0.39 is 116 Å². The third kappa shape index (κ3) is 16.0. The van der Waals surface area contributed by atoms with Gasteiger partial charge in [-0.25, -0.2) is 29.1 Å². The Morgan fingerprint density at radius 3 is 2.41 bits per heavy atom. The number of carbonyl (C=O) groups is 5. The van der Waals surface area contributed by atoms with E-state index in [9.17, 15) is 43.3 Å². The van der Waals surface area contributed by atoms with Crippen LogP contribution in [-0.4, -0.2) is 143 Å². The van der Waals surface area contributed by atoms with Crippen molar-refractivity contribution >= 4 is 90.3 Å². The number of rotatable bonds is 15. The van der Waals surface area contributed by atoms with Gasteiger partial charge in [0.15, 0.2) is 17.4 Å². The lowest BCUT2D eigenvalue weighted by Gasteiger charge is -2.27. The Morgan fingerprint density at radius 1 is 0.963 bits per heavy atom. The van der Waals surface area contributed by atoms with Crippen LogP contribution in [0.25, 0.3) is 11.2 Å². The van der Waals surface area contributed by atoms with Crippen LogP contribution in [-0.2, 0) is 71.4 Å². The molecule has 3 aromatic heterocycles. The van der Waals surface area contributed by atoms with Crippen molar-refractivity contribution in [2.24, 2.45) is 11.8 Å². The van der Waals surface area contributed by atoms with Crippen molar-refractivity contribution in [1.29, 1.82) is 0 Å². The monoisotopic (exact) mass is 1220 g/mol. The summed E-state index contributed by atoms with van der Waals surface area (Å²) in [4.78, 5) is 111. The summed E-state index contributed by atoms with van der Waals surface area (Å²) in [6, 6.07) is 12.5. The number of aliphatic hydroxyl groups excluding tert-OH is 1. The second-order valence-corrected chi connectivity index (χ2v) is 26.5. The molecule has 82 heavy (non-hydrogen) atoms. The first-order valence-electron chi connectivity index (χ1n) is 25.7. The largest absolute Gasteiger partial charge is 0.474 e. The molecule has 3 fully saturated rings. The zero-order chi connectivity index (χ0) is 59.3. The van der Waals surface area contributed by atoms with Crippen LogP contribution in [0.3, 0.4) is 0 Å². The number of nitrogens with zero attached hydrogens (tertiary/aromatic N) is 6. The number of benzene rings is 2. The molecule has 32 heteroatoms. The van der Waals surface area contributed by atoms with E-state index >= 15 is 0 Å². The predicted molar refractivity (Wildman–Crippen MR) is 299 cm³/mol. The number of imidazole rings is 1. The minimum absolute atomic E-state index is 0.101. The van der Waals surface area contributed by atoms with Crippen molar-refractivity contribution in [3.63, 3.8) is 0 Å². The summed E-state index contributed by atoms with van der Waals surface area (Å²) in [5.74, 6) is -2.72. The number of carbonyl (C=O) groups excluding carboxylic acids is 5. The summed E-state index contributed by atoms with van der Waals surface area (Å²) in [7, 11) is 1.47. The Labute approximate surface area is 480 Å². The van der Waals surface area contributed by atoms with Crippen LogP contribution in [0.4, 0.5) is 21.2 Å². The molecule has 11 atom stereocenters. The molecule has 2 aromatic carbocycles. The molecule has 8 rings (SSSR count). The van der Waals surface area contributed by atoms with Crippen LogP contribution in [0.5, 0.6) is 5.88 Å². The Morgan fingerprint density at radius 2 is 1.71 bits per heavy atom. The number of hydrogen-bond donors (Lipinski definition) is 8. The van der Waals surface area contributed by atoms with E-state index in [2.05, 4.69) is 58.4 Å². The summed E-state index contributed by atoms with van der Waals surface area (Å²) >= 11 is 9.60. The van der Waals surface area contributed by atoms with Crippen LogP contribution in [0.1, 0.15) is 82.1 Å². The highest BCUT2D eigenvalue weighted by Gasteiger charge is 2.51. The Balaban J connectivity index is 0.877. The molecule has 2 bridgehead atoms. The Bertz CT molecular complexity index is 3300. The average molecular weight is 1220 g/mol. The summed E-state index contributed by atoms with van der Waals surface area (Å²) in [6.07, 6.45) is -4.15. The minimum atomic E-state index is -4.36. The van der Waals surface area contributed by atoms with Gasteiger partial charge in [-0.1, -0.05) is 56.4 Å². The van der Waals surface area contributed by atoms with Crippen LogP contribution >= 0.6 is 25.8 Å². The number of ether oxygens (including phenoxy) is 4. The summed E-state index contributed by atoms with van der Waals surface area (Å²) < 4.78 is 61.4. The standard InChI is InChI=1S/C50H63N11O17P2S2/c1-26(2)37(56-48(67)76-50(4,5)6)44(65)54-27(3)42(63)55-31-14-12-28(13-15-31)21-71-49(68)60(7)20-29-10-8-9-11-33(29)43(64)58-47-57-41-38(45(66)59-47)53-25-61(41)46-40-39(62)35(75-46)23-73-79(69,81)77-34-19-32(74-36-16-17-51-24-52-36)18-30(34)22-72-80(70,82)78-40/h8-17,24-27,30,32,34-35,37,39-40,46,62H,18-23H2,1-7H3,(H,54,65)(H,55,63)(H,56,67)(H,69,81)(H,70,82)(H2,57,58,59,64,66)/t27-,30?,32+,34-,35+,37-,39+,40+,46+,79?,80?/m0/s1. The molecule has 3 unspecified atom stereocenters. The van der Waals surface area contributed by atoms with E-state index in [1.165, 1.54) is 42.0 Å². The Hall–Kier alpha value is -6.43. The predicted octanol–water partition coefficient (Wildman–Crippen LogP) is 5.11. The van der Waals surface area contributed by atoms with E-state index in [-0.39, 0.29) is 54.8 Å². The van der Waals surface area contributed by atoms with Crippen molar-refractivity contribution in [3.05, 3.63) is 100 Å². The fraction of sp³-hybridized carbons (Fsp3) is 0.480. The molecule has 5 heterocycles. The third-order valence-electron chi connectivity index (χ3n) is 13.0. The fourth-order valence-electron chi connectivity index (χ4n) is 8.97. The highest BCUT2D eigenvalue weighted by Crippen LogP contribution is 2.58. The van der Waals surface area contributed by atoms with Crippen molar-refractivity contribution in [3.8, 4) is 5.88 Å². The Kier molecular flexibility index (Phi) is 19.6. The molecule has 5 amide bonds. The van der Waals surface area contributed by atoms with E-state index in [1.54, 1.807) is 83.1 Å². The second-order valence-electron chi connectivity index (χ2n) is 20.9. The van der Waals surface area contributed by atoms with Gasteiger partial charge in [0.25, 0.3) is 11.5 Å². The smallest absolute Gasteiger partial charge is 0.410 e. The summed E-state index contributed by atoms with van der Waals surface area (Å²) in [5.41, 5.74) is -0.487. The lowest BCUT2D eigenvalue weighted by atomic mass is 10.0. The van der Waals surface area contributed by atoms with Gasteiger partial charge >= 0.3 is 25.7 Å².